The van der Waals surface area contributed by atoms with Crippen LogP contribution in [0.15, 0.2) is 16.5 Å². The van der Waals surface area contributed by atoms with Gasteiger partial charge in [-0.25, -0.2) is 4.98 Å². The first-order valence-electron chi connectivity index (χ1n) is 8.95. The fourth-order valence-electron chi connectivity index (χ4n) is 3.26. The molecule has 0 spiro atoms. The lowest BCUT2D eigenvalue weighted by Gasteiger charge is -2.41. The molecule has 1 aromatic heterocycles. The second-order valence-corrected chi connectivity index (χ2v) is 7.46. The van der Waals surface area contributed by atoms with Crippen LogP contribution < -0.4 is 5.32 Å². The van der Waals surface area contributed by atoms with Crippen LogP contribution in [0.3, 0.4) is 0 Å². The van der Waals surface area contributed by atoms with Crippen LogP contribution in [-0.4, -0.2) is 24.2 Å². The van der Waals surface area contributed by atoms with Gasteiger partial charge in [-0.2, -0.15) is 13.2 Å². The van der Waals surface area contributed by atoms with Gasteiger partial charge in [0.25, 0.3) is 0 Å². The normalized spacial score (nSPS) is 18.3. The second-order valence-electron chi connectivity index (χ2n) is 7.46. The van der Waals surface area contributed by atoms with Crippen molar-refractivity contribution in [2.75, 3.05) is 13.7 Å². The molecular formula is C19H25F3N2O2. The molecule has 26 heavy (non-hydrogen) atoms. The molecule has 7 heteroatoms. The predicted octanol–water partition coefficient (Wildman–Crippen LogP) is 5.19. The third-order valence-electron chi connectivity index (χ3n) is 5.26. The number of oxazole rings is 1. The molecule has 0 saturated heterocycles. The number of hydrogen-bond acceptors (Lipinski definition) is 4. The van der Waals surface area contributed by atoms with Crippen LogP contribution in [0.1, 0.15) is 69.0 Å². The van der Waals surface area contributed by atoms with E-state index in [4.69, 9.17) is 9.15 Å². The number of fused-ring (bicyclic) bond motifs is 1. The average Bonchev–Trinajstić information content (AvgIpc) is 2.96. The molecule has 0 radical (unpaired) electrons. The SMILES string of the molecule is COC1(CN[C@H](C)c2cc(C(F)(F)F)c3oc(C(C)C)nc3c2)CCC1. The number of benzene rings is 1. The van der Waals surface area contributed by atoms with E-state index in [9.17, 15) is 13.2 Å². The zero-order chi connectivity index (χ0) is 19.1. The van der Waals surface area contributed by atoms with Gasteiger partial charge in [0.15, 0.2) is 11.5 Å². The molecule has 0 bridgehead atoms. The maximum Gasteiger partial charge on any atom is 0.420 e. The fourth-order valence-corrected chi connectivity index (χ4v) is 3.26. The number of nitrogens with zero attached hydrogens (tertiary/aromatic N) is 1. The van der Waals surface area contributed by atoms with Crippen molar-refractivity contribution in [3.05, 3.63) is 29.2 Å². The van der Waals surface area contributed by atoms with Gasteiger partial charge in [0.1, 0.15) is 11.1 Å². The Labute approximate surface area is 151 Å². The molecule has 0 amide bonds. The number of methoxy groups -OCH3 is 1. The standard InChI is InChI=1S/C19H25F3N2O2/c1-11(2)17-24-15-9-13(8-14(16(15)26-17)19(20,21)22)12(3)23-10-18(25-4)6-5-7-18/h8-9,11-12,23H,5-7,10H2,1-4H3/t12-/m1/s1. The maximum absolute atomic E-state index is 13.5. The second kappa shape index (κ2) is 6.85. The summed E-state index contributed by atoms with van der Waals surface area (Å²) in [4.78, 5) is 4.26. The third-order valence-corrected chi connectivity index (χ3v) is 5.26. The van der Waals surface area contributed by atoms with E-state index in [2.05, 4.69) is 10.3 Å². The molecule has 2 aromatic rings. The molecule has 1 aromatic carbocycles. The summed E-state index contributed by atoms with van der Waals surface area (Å²) >= 11 is 0. The molecule has 1 N–H and O–H groups in total. The van der Waals surface area contributed by atoms with E-state index in [0.717, 1.165) is 25.3 Å². The largest absolute Gasteiger partial charge is 0.440 e. The first-order valence-corrected chi connectivity index (χ1v) is 8.95. The number of ether oxygens (including phenoxy) is 1. The topological polar surface area (TPSA) is 47.3 Å². The highest BCUT2D eigenvalue weighted by Crippen LogP contribution is 2.39. The summed E-state index contributed by atoms with van der Waals surface area (Å²) in [6.45, 7) is 6.14. The van der Waals surface area contributed by atoms with Gasteiger partial charge in [0.2, 0.25) is 0 Å². The molecule has 1 heterocycles. The van der Waals surface area contributed by atoms with Crippen LogP contribution in [0, 0.1) is 0 Å². The molecule has 4 nitrogen and oxygen atoms in total. The summed E-state index contributed by atoms with van der Waals surface area (Å²) in [5.74, 6) is 0.235. The predicted molar refractivity (Wildman–Crippen MR) is 93.1 cm³/mol. The first kappa shape index (κ1) is 19.2. The van der Waals surface area contributed by atoms with Crippen LogP contribution in [0.4, 0.5) is 13.2 Å². The molecule has 1 fully saturated rings. The molecule has 0 aliphatic heterocycles. The van der Waals surface area contributed by atoms with Crippen LogP contribution in [-0.2, 0) is 10.9 Å². The van der Waals surface area contributed by atoms with Gasteiger partial charge >= 0.3 is 6.18 Å². The summed E-state index contributed by atoms with van der Waals surface area (Å²) in [6, 6.07) is 2.58. The quantitative estimate of drug-likeness (QED) is 0.760. The van der Waals surface area contributed by atoms with Crippen molar-refractivity contribution in [2.45, 2.75) is 63.8 Å². The van der Waals surface area contributed by atoms with Gasteiger partial charge in [-0.05, 0) is 43.9 Å². The average molecular weight is 370 g/mol. The number of halogens is 3. The maximum atomic E-state index is 13.5. The van der Waals surface area contributed by atoms with Crippen LogP contribution in [0.2, 0.25) is 0 Å². The van der Waals surface area contributed by atoms with Gasteiger partial charge in [0.05, 0.1) is 5.60 Å². The first-order chi connectivity index (χ1) is 12.1. The molecule has 1 aliphatic rings. The number of nitrogens with one attached hydrogen (secondary N) is 1. The monoisotopic (exact) mass is 370 g/mol. The Kier molecular flexibility index (Phi) is 5.05. The summed E-state index contributed by atoms with van der Waals surface area (Å²) in [6.07, 6.45) is -1.44. The molecule has 144 valence electrons. The highest BCUT2D eigenvalue weighted by Gasteiger charge is 2.38. The minimum absolute atomic E-state index is 0.0809. The number of alkyl halides is 3. The zero-order valence-corrected chi connectivity index (χ0v) is 15.5. The molecule has 1 atom stereocenters. The Morgan fingerprint density at radius 1 is 1.27 bits per heavy atom. The van der Waals surface area contributed by atoms with Gasteiger partial charge in [-0.3, -0.25) is 0 Å². The fraction of sp³-hybridized carbons (Fsp3) is 0.632. The summed E-state index contributed by atoms with van der Waals surface area (Å²) in [5, 5.41) is 3.31. The molecule has 1 aliphatic carbocycles. The highest BCUT2D eigenvalue weighted by molar-refractivity contribution is 5.78. The highest BCUT2D eigenvalue weighted by atomic mass is 19.4. The van der Waals surface area contributed by atoms with Crippen molar-refractivity contribution >= 4 is 11.1 Å². The van der Waals surface area contributed by atoms with Crippen molar-refractivity contribution in [3.8, 4) is 0 Å². The summed E-state index contributed by atoms with van der Waals surface area (Å²) in [5.41, 5.74) is -0.367. The van der Waals surface area contributed by atoms with Crippen molar-refractivity contribution in [2.24, 2.45) is 0 Å². The van der Waals surface area contributed by atoms with E-state index in [1.54, 1.807) is 13.2 Å². The van der Waals surface area contributed by atoms with E-state index in [0.29, 0.717) is 18.0 Å². The van der Waals surface area contributed by atoms with Gasteiger partial charge in [0, 0.05) is 25.6 Å². The van der Waals surface area contributed by atoms with E-state index in [1.807, 2.05) is 20.8 Å². The molecule has 3 rings (SSSR count). The number of hydrogen-bond donors (Lipinski definition) is 1. The number of rotatable bonds is 6. The van der Waals surface area contributed by atoms with Crippen molar-refractivity contribution < 1.29 is 22.3 Å². The van der Waals surface area contributed by atoms with E-state index in [-0.39, 0.29) is 28.7 Å². The molecule has 0 unspecified atom stereocenters. The van der Waals surface area contributed by atoms with Crippen molar-refractivity contribution in [1.82, 2.24) is 10.3 Å². The Morgan fingerprint density at radius 3 is 2.46 bits per heavy atom. The Morgan fingerprint density at radius 2 is 1.96 bits per heavy atom. The van der Waals surface area contributed by atoms with Crippen molar-refractivity contribution in [1.29, 1.82) is 0 Å². The Balaban J connectivity index is 1.92. The molecular weight excluding hydrogens is 345 g/mol. The number of aromatic nitrogens is 1. The van der Waals surface area contributed by atoms with Crippen LogP contribution >= 0.6 is 0 Å². The smallest absolute Gasteiger partial charge is 0.420 e. The van der Waals surface area contributed by atoms with Crippen LogP contribution in [0.25, 0.3) is 11.1 Å². The lowest BCUT2D eigenvalue weighted by atomic mass is 9.79. The summed E-state index contributed by atoms with van der Waals surface area (Å²) in [7, 11) is 1.68. The van der Waals surface area contributed by atoms with Gasteiger partial charge < -0.3 is 14.5 Å². The van der Waals surface area contributed by atoms with Crippen LogP contribution in [0.5, 0.6) is 0 Å². The minimum Gasteiger partial charge on any atom is -0.440 e. The Hall–Kier alpha value is -1.60. The van der Waals surface area contributed by atoms with E-state index < -0.39 is 11.7 Å². The lowest BCUT2D eigenvalue weighted by Crippen LogP contribution is -2.48. The zero-order valence-electron chi connectivity index (χ0n) is 15.5. The van der Waals surface area contributed by atoms with Gasteiger partial charge in [-0.1, -0.05) is 13.8 Å². The van der Waals surface area contributed by atoms with Crippen molar-refractivity contribution in [3.63, 3.8) is 0 Å². The summed E-state index contributed by atoms with van der Waals surface area (Å²) < 4.78 is 51.6. The van der Waals surface area contributed by atoms with E-state index in [1.165, 1.54) is 0 Å². The van der Waals surface area contributed by atoms with Gasteiger partial charge in [-0.15, -0.1) is 0 Å². The minimum atomic E-state index is -4.50. The molecule has 1 saturated carbocycles. The third kappa shape index (κ3) is 3.60. The lowest BCUT2D eigenvalue weighted by molar-refractivity contribution is -0.136. The van der Waals surface area contributed by atoms with E-state index >= 15 is 0 Å². The Bertz CT molecular complexity index is 773.